The molecule has 14 heavy (non-hydrogen) atoms. The average molecular weight is 200 g/mol. The predicted molar refractivity (Wildman–Crippen MR) is 55.1 cm³/mol. The highest BCUT2D eigenvalue weighted by atomic mass is 16.5. The van der Waals surface area contributed by atoms with Crippen molar-refractivity contribution in [1.29, 1.82) is 0 Å². The normalized spacial score (nSPS) is 21.9. The summed E-state index contributed by atoms with van der Waals surface area (Å²) in [6, 6.07) is 0. The molecule has 0 spiro atoms. The molecule has 1 unspecified atom stereocenters. The second kappa shape index (κ2) is 5.32. The van der Waals surface area contributed by atoms with Crippen molar-refractivity contribution in [3.63, 3.8) is 0 Å². The van der Waals surface area contributed by atoms with Gasteiger partial charge in [0.15, 0.2) is 0 Å². The molecule has 1 heterocycles. The number of carbonyl (C=O) groups excluding carboxylic acids is 1. The van der Waals surface area contributed by atoms with Crippen LogP contribution in [-0.4, -0.2) is 62.7 Å². The molecule has 1 atom stereocenters. The van der Waals surface area contributed by atoms with Gasteiger partial charge in [-0.25, -0.2) is 0 Å². The minimum Gasteiger partial charge on any atom is -0.469 e. The van der Waals surface area contributed by atoms with Crippen LogP contribution < -0.4 is 0 Å². The van der Waals surface area contributed by atoms with E-state index in [-0.39, 0.29) is 11.9 Å². The van der Waals surface area contributed by atoms with Crippen molar-refractivity contribution >= 4 is 5.97 Å². The van der Waals surface area contributed by atoms with E-state index in [4.69, 9.17) is 4.74 Å². The lowest BCUT2D eigenvalue weighted by Crippen LogP contribution is -2.46. The molecular formula is C10H20N2O2. The quantitative estimate of drug-likeness (QED) is 0.602. The van der Waals surface area contributed by atoms with E-state index in [9.17, 15) is 4.79 Å². The number of rotatable bonds is 3. The molecule has 0 aromatic rings. The number of ether oxygens (including phenoxy) is 1. The Bertz CT molecular complexity index is 189. The van der Waals surface area contributed by atoms with E-state index in [0.29, 0.717) is 0 Å². The van der Waals surface area contributed by atoms with Crippen LogP contribution in [0.5, 0.6) is 0 Å². The lowest BCUT2D eigenvalue weighted by molar-refractivity contribution is -0.145. The molecule has 0 radical (unpaired) electrons. The maximum absolute atomic E-state index is 11.2. The number of hydrogen-bond donors (Lipinski definition) is 0. The van der Waals surface area contributed by atoms with Gasteiger partial charge in [-0.2, -0.15) is 0 Å². The summed E-state index contributed by atoms with van der Waals surface area (Å²) in [6.45, 7) is 7.03. The fraction of sp³-hybridized carbons (Fsp3) is 0.900. The molecule has 1 aliphatic heterocycles. The van der Waals surface area contributed by atoms with E-state index < -0.39 is 0 Å². The van der Waals surface area contributed by atoms with Crippen LogP contribution in [0.3, 0.4) is 0 Å². The van der Waals surface area contributed by atoms with Gasteiger partial charge in [0.1, 0.15) is 0 Å². The number of carbonyl (C=O) groups is 1. The van der Waals surface area contributed by atoms with E-state index in [1.807, 2.05) is 6.92 Å². The number of piperazine rings is 1. The zero-order chi connectivity index (χ0) is 10.6. The van der Waals surface area contributed by atoms with Gasteiger partial charge >= 0.3 is 5.97 Å². The van der Waals surface area contributed by atoms with Crippen LogP contribution >= 0.6 is 0 Å². The summed E-state index contributed by atoms with van der Waals surface area (Å²) in [5, 5.41) is 0. The molecule has 0 aromatic carbocycles. The van der Waals surface area contributed by atoms with Crippen LogP contribution in [-0.2, 0) is 9.53 Å². The van der Waals surface area contributed by atoms with Crippen LogP contribution in [0.2, 0.25) is 0 Å². The van der Waals surface area contributed by atoms with Crippen molar-refractivity contribution in [3.8, 4) is 0 Å². The molecule has 82 valence electrons. The van der Waals surface area contributed by atoms with Gasteiger partial charge in [0.25, 0.3) is 0 Å². The lowest BCUT2D eigenvalue weighted by Gasteiger charge is -2.33. The summed E-state index contributed by atoms with van der Waals surface area (Å²) in [6.07, 6.45) is 0. The van der Waals surface area contributed by atoms with Crippen LogP contribution in [0.15, 0.2) is 0 Å². The van der Waals surface area contributed by atoms with Gasteiger partial charge in [0.2, 0.25) is 0 Å². The summed E-state index contributed by atoms with van der Waals surface area (Å²) in [5.41, 5.74) is 0. The smallest absolute Gasteiger partial charge is 0.309 e. The van der Waals surface area contributed by atoms with E-state index in [1.165, 1.54) is 7.11 Å². The fourth-order valence-corrected chi connectivity index (χ4v) is 1.69. The van der Waals surface area contributed by atoms with E-state index in [1.54, 1.807) is 0 Å². The maximum atomic E-state index is 11.2. The second-order valence-electron chi connectivity index (χ2n) is 4.03. The fourth-order valence-electron chi connectivity index (χ4n) is 1.69. The van der Waals surface area contributed by atoms with Gasteiger partial charge in [0.05, 0.1) is 13.0 Å². The molecule has 1 aliphatic rings. The first kappa shape index (κ1) is 11.5. The van der Waals surface area contributed by atoms with E-state index >= 15 is 0 Å². The molecule has 1 saturated heterocycles. The molecule has 1 fully saturated rings. The minimum absolute atomic E-state index is 0.0107. The molecular weight excluding hydrogens is 180 g/mol. The summed E-state index contributed by atoms with van der Waals surface area (Å²) in [5.74, 6) is -0.118. The largest absolute Gasteiger partial charge is 0.469 e. The molecule has 0 bridgehead atoms. The third-order valence-electron chi connectivity index (χ3n) is 2.73. The van der Waals surface area contributed by atoms with Crippen LogP contribution in [0.4, 0.5) is 0 Å². The average Bonchev–Trinajstić information content (AvgIpc) is 2.20. The van der Waals surface area contributed by atoms with Crippen LogP contribution in [0.25, 0.3) is 0 Å². The molecule has 4 heteroatoms. The minimum atomic E-state index is -0.107. The molecule has 0 aromatic heterocycles. The molecule has 1 rings (SSSR count). The Morgan fingerprint density at radius 2 is 1.93 bits per heavy atom. The zero-order valence-corrected chi connectivity index (χ0v) is 9.32. The number of hydrogen-bond acceptors (Lipinski definition) is 4. The van der Waals surface area contributed by atoms with E-state index in [0.717, 1.165) is 32.7 Å². The van der Waals surface area contributed by atoms with Crippen molar-refractivity contribution in [2.75, 3.05) is 46.9 Å². The highest BCUT2D eigenvalue weighted by Crippen LogP contribution is 2.05. The molecule has 0 amide bonds. The highest BCUT2D eigenvalue weighted by Gasteiger charge is 2.20. The standard InChI is InChI=1S/C10H20N2O2/c1-9(10(13)14-3)8-12-6-4-11(2)5-7-12/h9H,4-8H2,1-3H3. The Morgan fingerprint density at radius 3 is 2.43 bits per heavy atom. The van der Waals surface area contributed by atoms with Gasteiger partial charge in [0, 0.05) is 32.7 Å². The van der Waals surface area contributed by atoms with E-state index in [2.05, 4.69) is 16.8 Å². The third kappa shape index (κ3) is 3.27. The Balaban J connectivity index is 2.27. The molecule has 0 N–H and O–H groups in total. The zero-order valence-electron chi connectivity index (χ0n) is 9.32. The van der Waals surface area contributed by atoms with Gasteiger partial charge in [-0.15, -0.1) is 0 Å². The Hall–Kier alpha value is -0.610. The number of nitrogens with zero attached hydrogens (tertiary/aromatic N) is 2. The molecule has 4 nitrogen and oxygen atoms in total. The van der Waals surface area contributed by atoms with Crippen LogP contribution in [0.1, 0.15) is 6.92 Å². The maximum Gasteiger partial charge on any atom is 0.309 e. The van der Waals surface area contributed by atoms with Crippen molar-refractivity contribution in [3.05, 3.63) is 0 Å². The van der Waals surface area contributed by atoms with Crippen molar-refractivity contribution in [2.45, 2.75) is 6.92 Å². The molecule has 0 saturated carbocycles. The first-order valence-electron chi connectivity index (χ1n) is 5.12. The summed E-state index contributed by atoms with van der Waals surface area (Å²) in [7, 11) is 3.57. The van der Waals surface area contributed by atoms with Crippen LogP contribution in [0, 0.1) is 5.92 Å². The van der Waals surface area contributed by atoms with Crippen molar-refractivity contribution < 1.29 is 9.53 Å². The summed E-state index contributed by atoms with van der Waals surface area (Å²) in [4.78, 5) is 15.8. The van der Waals surface area contributed by atoms with Crippen molar-refractivity contribution in [1.82, 2.24) is 9.80 Å². The predicted octanol–water partition coefficient (Wildman–Crippen LogP) is 0.0429. The van der Waals surface area contributed by atoms with Crippen molar-refractivity contribution in [2.24, 2.45) is 5.92 Å². The van der Waals surface area contributed by atoms with Gasteiger partial charge in [-0.05, 0) is 7.05 Å². The number of esters is 1. The lowest BCUT2D eigenvalue weighted by atomic mass is 10.1. The molecule has 0 aliphatic carbocycles. The Kier molecular flexibility index (Phi) is 4.35. The Morgan fingerprint density at radius 1 is 1.36 bits per heavy atom. The second-order valence-corrected chi connectivity index (χ2v) is 4.03. The first-order valence-corrected chi connectivity index (χ1v) is 5.12. The monoisotopic (exact) mass is 200 g/mol. The first-order chi connectivity index (χ1) is 6.63. The van der Waals surface area contributed by atoms with Gasteiger partial charge in [-0.1, -0.05) is 6.92 Å². The number of likely N-dealkylation sites (N-methyl/N-ethyl adjacent to an activating group) is 1. The Labute approximate surface area is 85.8 Å². The third-order valence-corrected chi connectivity index (χ3v) is 2.73. The number of methoxy groups -OCH3 is 1. The summed E-state index contributed by atoms with van der Waals surface area (Å²) >= 11 is 0. The highest BCUT2D eigenvalue weighted by molar-refractivity contribution is 5.72. The topological polar surface area (TPSA) is 32.8 Å². The SMILES string of the molecule is COC(=O)C(C)CN1CCN(C)CC1. The van der Waals surface area contributed by atoms with Gasteiger partial charge in [-0.3, -0.25) is 9.69 Å². The van der Waals surface area contributed by atoms with Gasteiger partial charge < -0.3 is 9.64 Å². The summed E-state index contributed by atoms with van der Waals surface area (Å²) < 4.78 is 4.70.